The summed E-state index contributed by atoms with van der Waals surface area (Å²) in [4.78, 5) is 41.6. The fraction of sp³-hybridized carbons (Fsp3) is 0.375. The van der Waals surface area contributed by atoms with E-state index in [2.05, 4.69) is 20.3 Å². The van der Waals surface area contributed by atoms with Crippen LogP contribution < -0.4 is 10.1 Å². The third-order valence-electron chi connectivity index (χ3n) is 6.34. The van der Waals surface area contributed by atoms with Gasteiger partial charge in [-0.3, -0.25) is 19.9 Å². The van der Waals surface area contributed by atoms with Crippen LogP contribution in [0.2, 0.25) is 5.15 Å². The van der Waals surface area contributed by atoms with Gasteiger partial charge in [-0.2, -0.15) is 0 Å². The van der Waals surface area contributed by atoms with Crippen LogP contribution in [0.5, 0.6) is 5.75 Å². The molecule has 11 heteroatoms. The Morgan fingerprint density at radius 2 is 2.00 bits per heavy atom. The highest BCUT2D eigenvalue weighted by atomic mass is 35.5. The fourth-order valence-corrected chi connectivity index (χ4v) is 5.74. The molecule has 1 aliphatic heterocycles. The van der Waals surface area contributed by atoms with Crippen LogP contribution in [-0.2, 0) is 17.9 Å². The third-order valence-corrected chi connectivity index (χ3v) is 7.54. The Hall–Kier alpha value is -3.08. The van der Waals surface area contributed by atoms with Crippen molar-refractivity contribution < 1.29 is 19.4 Å². The Bertz CT molecular complexity index is 1310. The largest absolute Gasteiger partial charge is 0.494 e. The Kier molecular flexibility index (Phi) is 5.98. The molecule has 9 nitrogen and oxygen atoms in total. The maximum absolute atomic E-state index is 13.2. The number of aliphatic hydroxyl groups is 1. The van der Waals surface area contributed by atoms with Crippen LogP contribution in [-0.4, -0.2) is 49.5 Å². The van der Waals surface area contributed by atoms with Crippen molar-refractivity contribution in [3.8, 4) is 16.9 Å². The van der Waals surface area contributed by atoms with Gasteiger partial charge in [0, 0.05) is 28.9 Å². The van der Waals surface area contributed by atoms with Crippen molar-refractivity contribution in [2.45, 2.75) is 45.4 Å². The minimum absolute atomic E-state index is 0.0487. The van der Waals surface area contributed by atoms with Crippen LogP contribution in [0, 0.1) is 12.8 Å². The van der Waals surface area contributed by atoms with Gasteiger partial charge in [0.15, 0.2) is 5.13 Å². The number of carbonyl (C=O) groups is 2. The van der Waals surface area contributed by atoms with E-state index >= 15 is 0 Å². The summed E-state index contributed by atoms with van der Waals surface area (Å²) >= 11 is 7.47. The lowest BCUT2D eigenvalue weighted by molar-refractivity contribution is -0.150. The number of carbonyl (C=O) groups excluding carboxylic acids is 2. The fourth-order valence-electron chi connectivity index (χ4n) is 4.60. The van der Waals surface area contributed by atoms with E-state index in [1.807, 2.05) is 6.92 Å². The van der Waals surface area contributed by atoms with Gasteiger partial charge in [-0.05, 0) is 38.8 Å². The average Bonchev–Trinajstić information content (AvgIpc) is 3.35. The van der Waals surface area contributed by atoms with Crippen molar-refractivity contribution in [1.29, 1.82) is 0 Å². The van der Waals surface area contributed by atoms with E-state index in [0.29, 0.717) is 53.5 Å². The second-order valence-corrected chi connectivity index (χ2v) is 10.7. The first-order valence-corrected chi connectivity index (χ1v) is 12.3. The minimum Gasteiger partial charge on any atom is -0.494 e. The number of hydrogen-bond acceptors (Lipinski definition) is 8. The van der Waals surface area contributed by atoms with E-state index in [9.17, 15) is 14.7 Å². The highest BCUT2D eigenvalue weighted by Crippen LogP contribution is 2.41. The molecule has 1 saturated carbocycles. The van der Waals surface area contributed by atoms with E-state index in [0.717, 1.165) is 16.3 Å². The standard InChI is InChI=1S/C24H24ClN5O4S/c1-12-4-14(15-5-20(25)27-9-18(15)34-3)16(8-26-12)21(31)29-23-28-17-10-30(11-19(17)35-23)22(32)13-6-24(2,33)7-13/h4-5,8-9,13,33H,6-7,10-11H2,1-3H3,(H,28,29,31). The second-order valence-electron chi connectivity index (χ2n) is 9.22. The molecule has 0 atom stereocenters. The molecule has 5 rings (SSSR count). The van der Waals surface area contributed by atoms with Gasteiger partial charge >= 0.3 is 0 Å². The maximum Gasteiger partial charge on any atom is 0.259 e. The first-order valence-electron chi connectivity index (χ1n) is 11.1. The van der Waals surface area contributed by atoms with Crippen LogP contribution in [0.3, 0.4) is 0 Å². The SMILES string of the molecule is COc1cnc(Cl)cc1-c1cc(C)ncc1C(=O)Nc1nc2c(s1)CN(C(=O)C1CC(C)(O)C1)C2. The van der Waals surface area contributed by atoms with E-state index in [-0.39, 0.29) is 22.9 Å². The smallest absolute Gasteiger partial charge is 0.259 e. The Labute approximate surface area is 211 Å². The molecule has 182 valence electrons. The normalized spacial score (nSPS) is 20.8. The molecule has 3 aromatic rings. The first-order chi connectivity index (χ1) is 16.6. The van der Waals surface area contributed by atoms with Crippen LogP contribution in [0.15, 0.2) is 24.5 Å². The first kappa shape index (κ1) is 23.7. The molecule has 0 spiro atoms. The van der Waals surface area contributed by atoms with Crippen LogP contribution in [0.4, 0.5) is 5.13 Å². The van der Waals surface area contributed by atoms with Crippen molar-refractivity contribution in [2.75, 3.05) is 12.4 Å². The summed E-state index contributed by atoms with van der Waals surface area (Å²) in [6.07, 6.45) is 4.01. The van der Waals surface area contributed by atoms with E-state index in [1.54, 1.807) is 24.0 Å². The highest BCUT2D eigenvalue weighted by Gasteiger charge is 2.45. The highest BCUT2D eigenvalue weighted by molar-refractivity contribution is 7.16. The molecule has 35 heavy (non-hydrogen) atoms. The van der Waals surface area contributed by atoms with Crippen molar-refractivity contribution in [3.63, 3.8) is 0 Å². The summed E-state index contributed by atoms with van der Waals surface area (Å²) in [5.41, 5.74) is 2.38. The number of hydrogen-bond donors (Lipinski definition) is 2. The zero-order valence-electron chi connectivity index (χ0n) is 19.5. The van der Waals surface area contributed by atoms with Gasteiger partial charge < -0.3 is 14.7 Å². The molecular weight excluding hydrogens is 490 g/mol. The summed E-state index contributed by atoms with van der Waals surface area (Å²) in [6.45, 7) is 4.46. The van der Waals surface area contributed by atoms with Crippen LogP contribution >= 0.6 is 22.9 Å². The zero-order valence-corrected chi connectivity index (χ0v) is 21.0. The van der Waals surface area contributed by atoms with E-state index in [1.165, 1.54) is 30.8 Å². The molecule has 0 bridgehead atoms. The number of methoxy groups -OCH3 is 1. The van der Waals surface area contributed by atoms with Gasteiger partial charge in [0.2, 0.25) is 5.91 Å². The Morgan fingerprint density at radius 3 is 2.69 bits per heavy atom. The molecule has 0 saturated heterocycles. The molecule has 4 heterocycles. The summed E-state index contributed by atoms with van der Waals surface area (Å²) in [7, 11) is 1.53. The molecule has 0 unspecified atom stereocenters. The van der Waals surface area contributed by atoms with Crippen LogP contribution in [0.1, 0.15) is 46.4 Å². The van der Waals surface area contributed by atoms with Crippen molar-refractivity contribution in [3.05, 3.63) is 51.5 Å². The second kappa shape index (κ2) is 8.85. The molecule has 1 fully saturated rings. The van der Waals surface area contributed by atoms with Gasteiger partial charge in [0.1, 0.15) is 10.9 Å². The van der Waals surface area contributed by atoms with Gasteiger partial charge in [-0.25, -0.2) is 9.97 Å². The lowest BCUT2D eigenvalue weighted by atomic mass is 9.71. The van der Waals surface area contributed by atoms with Gasteiger partial charge in [0.05, 0.1) is 48.1 Å². The number of fused-ring (bicyclic) bond motifs is 1. The predicted octanol–water partition coefficient (Wildman–Crippen LogP) is 3.83. The molecular formula is C24H24ClN5O4S. The summed E-state index contributed by atoms with van der Waals surface area (Å²) in [5, 5.41) is 13.5. The van der Waals surface area contributed by atoms with Crippen molar-refractivity contribution in [2.24, 2.45) is 5.92 Å². The molecule has 1 aliphatic carbocycles. The number of ether oxygens (including phenoxy) is 1. The number of aryl methyl sites for hydroxylation is 1. The molecule has 2 amide bonds. The number of thiazole rings is 1. The number of nitrogens with zero attached hydrogens (tertiary/aromatic N) is 4. The lowest BCUT2D eigenvalue weighted by Crippen LogP contribution is -2.48. The topological polar surface area (TPSA) is 118 Å². The monoisotopic (exact) mass is 513 g/mol. The van der Waals surface area contributed by atoms with Gasteiger partial charge in [0.25, 0.3) is 5.91 Å². The third kappa shape index (κ3) is 4.61. The minimum atomic E-state index is -0.740. The number of halogens is 1. The summed E-state index contributed by atoms with van der Waals surface area (Å²) < 4.78 is 5.43. The van der Waals surface area contributed by atoms with Crippen LogP contribution in [0.25, 0.3) is 11.1 Å². The number of amides is 2. The zero-order chi connectivity index (χ0) is 24.9. The number of anilines is 1. The average molecular weight is 514 g/mol. The molecule has 0 aromatic carbocycles. The molecule has 0 radical (unpaired) electrons. The molecule has 3 aromatic heterocycles. The number of rotatable bonds is 5. The van der Waals surface area contributed by atoms with Gasteiger partial charge in [-0.15, -0.1) is 0 Å². The number of aromatic nitrogens is 3. The van der Waals surface area contributed by atoms with E-state index in [4.69, 9.17) is 16.3 Å². The maximum atomic E-state index is 13.2. The van der Waals surface area contributed by atoms with Crippen molar-refractivity contribution >= 4 is 39.9 Å². The predicted molar refractivity (Wildman–Crippen MR) is 131 cm³/mol. The van der Waals surface area contributed by atoms with Gasteiger partial charge in [-0.1, -0.05) is 22.9 Å². The van der Waals surface area contributed by atoms with E-state index < -0.39 is 5.60 Å². The number of pyridine rings is 2. The summed E-state index contributed by atoms with van der Waals surface area (Å²) in [5.74, 6) is 0.0384. The Balaban J connectivity index is 1.33. The quantitative estimate of drug-likeness (QED) is 0.498. The van der Waals surface area contributed by atoms with Crippen molar-refractivity contribution in [1.82, 2.24) is 19.9 Å². The summed E-state index contributed by atoms with van der Waals surface area (Å²) in [6, 6.07) is 3.45. The molecule has 2 aliphatic rings. The number of nitrogens with one attached hydrogen (secondary N) is 1. The lowest BCUT2D eigenvalue weighted by Gasteiger charge is -2.41. The Morgan fingerprint density at radius 1 is 1.23 bits per heavy atom. The molecule has 2 N–H and O–H groups in total.